The zero-order valence-electron chi connectivity index (χ0n) is 21.4. The van der Waals surface area contributed by atoms with Crippen molar-refractivity contribution in [1.29, 1.82) is 5.26 Å². The molecule has 0 fully saturated rings. The van der Waals surface area contributed by atoms with Gasteiger partial charge in [-0.05, 0) is 65.7 Å². The number of ether oxygens (including phenoxy) is 4. The average Bonchev–Trinajstić information content (AvgIpc) is 3.61. The van der Waals surface area contributed by atoms with Crippen LogP contribution in [0.25, 0.3) is 0 Å². The summed E-state index contributed by atoms with van der Waals surface area (Å²) in [5.41, 5.74) is 2.47. The Balaban J connectivity index is 1.37. The molecular formula is C28H21N5O6S2. The van der Waals surface area contributed by atoms with Crippen LogP contribution in [-0.4, -0.2) is 33.5 Å². The highest BCUT2D eigenvalue weighted by Gasteiger charge is 2.35. The van der Waals surface area contributed by atoms with E-state index in [2.05, 4.69) is 21.4 Å². The molecule has 3 N–H and O–H groups in total. The maximum absolute atomic E-state index is 11.6. The lowest BCUT2D eigenvalue weighted by molar-refractivity contribution is 0.174. The molecule has 1 atom stereocenters. The Morgan fingerprint density at radius 3 is 2.59 bits per heavy atom. The van der Waals surface area contributed by atoms with Gasteiger partial charge in [0.1, 0.15) is 17.4 Å². The number of nitrogens with two attached hydrogens (primary N) is 1. The number of nitrogens with zero attached hydrogens (tertiary/aromatic N) is 3. The quantitative estimate of drug-likeness (QED) is 0.294. The summed E-state index contributed by atoms with van der Waals surface area (Å²) in [5, 5.41) is 19.1. The molecular weight excluding hydrogens is 566 g/mol. The van der Waals surface area contributed by atoms with E-state index in [0.717, 1.165) is 11.1 Å². The standard InChI is InChI=1S/C28H21N5O6S2/c1-36-19-7-3-17(4-8-19)24-21(13-29)26(31-14-16-2-11-22-23(12-16)38-15-37-22)39-27-25(24)40-28(33-27)32-18-5-9-20(10-6-18)41(30,34)35/h2-12,14,24H,15H2,1H3,(H,32,33)(H2,30,34,35)/b31-14+. The molecule has 11 nitrogen and oxygen atoms in total. The summed E-state index contributed by atoms with van der Waals surface area (Å²) in [4.78, 5) is 9.84. The Labute approximate surface area is 239 Å². The Hall–Kier alpha value is -4.90. The molecule has 1 unspecified atom stereocenters. The third-order valence-electron chi connectivity index (χ3n) is 6.33. The lowest BCUT2D eigenvalue weighted by Crippen LogP contribution is -2.14. The van der Waals surface area contributed by atoms with E-state index >= 15 is 0 Å². The van der Waals surface area contributed by atoms with Crippen LogP contribution < -0.4 is 29.4 Å². The summed E-state index contributed by atoms with van der Waals surface area (Å²) in [6.07, 6.45) is 1.59. The second kappa shape index (κ2) is 10.6. The van der Waals surface area contributed by atoms with E-state index in [1.54, 1.807) is 37.6 Å². The number of primary sulfonamides is 1. The number of benzene rings is 3. The van der Waals surface area contributed by atoms with Crippen LogP contribution >= 0.6 is 11.3 Å². The molecule has 0 radical (unpaired) electrons. The van der Waals surface area contributed by atoms with Crippen molar-refractivity contribution >= 4 is 38.4 Å². The van der Waals surface area contributed by atoms with Gasteiger partial charge in [-0.25, -0.2) is 18.5 Å². The number of hydrogen-bond donors (Lipinski definition) is 2. The van der Waals surface area contributed by atoms with Crippen molar-refractivity contribution < 1.29 is 27.4 Å². The normalized spacial score (nSPS) is 15.8. The summed E-state index contributed by atoms with van der Waals surface area (Å²) in [7, 11) is -2.23. The number of rotatable bonds is 7. The van der Waals surface area contributed by atoms with E-state index in [0.29, 0.717) is 44.4 Å². The average molecular weight is 588 g/mol. The van der Waals surface area contributed by atoms with Gasteiger partial charge in [0, 0.05) is 11.9 Å². The number of hydrogen-bond acceptors (Lipinski definition) is 11. The number of aromatic nitrogens is 1. The highest BCUT2D eigenvalue weighted by atomic mass is 32.2. The topological polar surface area (TPSA) is 158 Å². The van der Waals surface area contributed by atoms with Crippen LogP contribution in [0.2, 0.25) is 0 Å². The molecule has 0 saturated carbocycles. The fourth-order valence-corrected chi connectivity index (χ4v) is 5.90. The Morgan fingerprint density at radius 2 is 1.88 bits per heavy atom. The van der Waals surface area contributed by atoms with Gasteiger partial charge in [0.05, 0.1) is 22.8 Å². The molecule has 2 aliphatic rings. The minimum absolute atomic E-state index is 0.00258. The number of allylic oxidation sites excluding steroid dienone is 1. The molecule has 4 aromatic rings. The number of methoxy groups -OCH3 is 1. The van der Waals surface area contributed by atoms with Crippen LogP contribution in [0, 0.1) is 11.3 Å². The lowest BCUT2D eigenvalue weighted by Gasteiger charge is -2.22. The SMILES string of the molecule is COc1ccc(C2C(C#N)=C(/N=C/c3ccc4c(c3)OCO4)Oc3nc(Nc4ccc(S(N)(=O)=O)cc4)sc32)cc1. The molecule has 0 saturated heterocycles. The number of thiazole rings is 1. The van der Waals surface area contributed by atoms with Gasteiger partial charge in [-0.15, -0.1) is 0 Å². The van der Waals surface area contributed by atoms with E-state index in [1.165, 1.54) is 23.5 Å². The van der Waals surface area contributed by atoms with Crippen LogP contribution in [0.15, 0.2) is 88.1 Å². The number of anilines is 2. The summed E-state index contributed by atoms with van der Waals surface area (Å²) in [6, 6.07) is 21.1. The van der Waals surface area contributed by atoms with Gasteiger partial charge in [-0.3, -0.25) is 0 Å². The van der Waals surface area contributed by atoms with E-state index in [-0.39, 0.29) is 17.6 Å². The van der Waals surface area contributed by atoms with Gasteiger partial charge in [0.15, 0.2) is 16.6 Å². The smallest absolute Gasteiger partial charge is 0.238 e. The van der Waals surface area contributed by atoms with E-state index < -0.39 is 15.9 Å². The van der Waals surface area contributed by atoms with Gasteiger partial charge < -0.3 is 24.3 Å². The monoisotopic (exact) mass is 587 g/mol. The Bertz CT molecular complexity index is 1840. The van der Waals surface area contributed by atoms with Crippen molar-refractivity contribution in [3.05, 3.63) is 94.2 Å². The minimum Gasteiger partial charge on any atom is -0.497 e. The van der Waals surface area contributed by atoms with Gasteiger partial charge in [0.2, 0.25) is 28.6 Å². The predicted molar refractivity (Wildman–Crippen MR) is 151 cm³/mol. The molecule has 2 aliphatic heterocycles. The molecule has 0 bridgehead atoms. The summed E-state index contributed by atoms with van der Waals surface area (Å²) < 4.78 is 45.4. The largest absolute Gasteiger partial charge is 0.497 e. The third-order valence-corrected chi connectivity index (χ3v) is 8.27. The highest BCUT2D eigenvalue weighted by Crippen LogP contribution is 2.48. The molecule has 3 heterocycles. The van der Waals surface area contributed by atoms with Crippen LogP contribution in [-0.2, 0) is 10.0 Å². The molecule has 0 aliphatic carbocycles. The van der Waals surface area contributed by atoms with Crippen molar-refractivity contribution in [2.75, 3.05) is 19.2 Å². The highest BCUT2D eigenvalue weighted by molar-refractivity contribution is 7.89. The molecule has 206 valence electrons. The van der Waals surface area contributed by atoms with Crippen LogP contribution in [0.4, 0.5) is 10.8 Å². The Kier molecular flexibility index (Phi) is 6.80. The predicted octanol–water partition coefficient (Wildman–Crippen LogP) is 4.65. The molecule has 6 rings (SSSR count). The molecule has 3 aromatic carbocycles. The number of fused-ring (bicyclic) bond motifs is 2. The summed E-state index contributed by atoms with van der Waals surface area (Å²) in [5.74, 6) is 1.86. The molecule has 0 spiro atoms. The first-order chi connectivity index (χ1) is 19.8. The van der Waals surface area contributed by atoms with Crippen LogP contribution in [0.5, 0.6) is 23.1 Å². The summed E-state index contributed by atoms with van der Waals surface area (Å²) >= 11 is 1.31. The summed E-state index contributed by atoms with van der Waals surface area (Å²) in [6.45, 7) is 0.158. The molecule has 41 heavy (non-hydrogen) atoms. The van der Waals surface area contributed by atoms with Gasteiger partial charge in [-0.2, -0.15) is 10.2 Å². The van der Waals surface area contributed by atoms with Crippen molar-refractivity contribution in [2.45, 2.75) is 10.8 Å². The third kappa shape index (κ3) is 5.31. The first kappa shape index (κ1) is 26.3. The van der Waals surface area contributed by atoms with Gasteiger partial charge >= 0.3 is 0 Å². The minimum atomic E-state index is -3.81. The molecule has 1 aromatic heterocycles. The maximum atomic E-state index is 11.6. The van der Waals surface area contributed by atoms with Crippen molar-refractivity contribution in [3.8, 4) is 29.2 Å². The van der Waals surface area contributed by atoms with Crippen molar-refractivity contribution in [3.63, 3.8) is 0 Å². The zero-order valence-corrected chi connectivity index (χ0v) is 23.0. The van der Waals surface area contributed by atoms with Crippen LogP contribution in [0.3, 0.4) is 0 Å². The fourth-order valence-electron chi connectivity index (χ4n) is 4.33. The second-order valence-electron chi connectivity index (χ2n) is 8.89. The number of sulfonamides is 1. The Morgan fingerprint density at radius 1 is 1.12 bits per heavy atom. The van der Waals surface area contributed by atoms with E-state index in [4.69, 9.17) is 24.1 Å². The number of aliphatic imine (C=N–C) groups is 1. The maximum Gasteiger partial charge on any atom is 0.238 e. The zero-order chi connectivity index (χ0) is 28.6. The first-order valence-electron chi connectivity index (χ1n) is 12.1. The van der Waals surface area contributed by atoms with Gasteiger partial charge in [-0.1, -0.05) is 23.5 Å². The fraction of sp³-hybridized carbons (Fsp3) is 0.107. The van der Waals surface area contributed by atoms with Crippen molar-refractivity contribution in [2.24, 2.45) is 10.1 Å². The van der Waals surface area contributed by atoms with E-state index in [1.807, 2.05) is 30.3 Å². The van der Waals surface area contributed by atoms with Crippen molar-refractivity contribution in [1.82, 2.24) is 4.98 Å². The first-order valence-corrected chi connectivity index (χ1v) is 14.5. The van der Waals surface area contributed by atoms with Crippen LogP contribution in [0.1, 0.15) is 21.9 Å². The molecule has 0 amide bonds. The van der Waals surface area contributed by atoms with E-state index in [9.17, 15) is 13.7 Å². The lowest BCUT2D eigenvalue weighted by atomic mass is 9.89. The molecule has 13 heteroatoms. The van der Waals surface area contributed by atoms with Gasteiger partial charge in [0.25, 0.3) is 0 Å². The number of nitriles is 1. The second-order valence-corrected chi connectivity index (χ2v) is 11.5. The number of nitrogens with one attached hydrogen (secondary N) is 1.